The number of halogens is 3. The van der Waals surface area contributed by atoms with E-state index in [9.17, 15) is 37.1 Å². The normalized spacial score (nSPS) is 20.7. The molecule has 0 saturated carbocycles. The number of carbonyl (C=O) groups excluding carboxylic acids is 7. The Bertz CT molecular complexity index is 3190. The number of unbranched alkanes of at least 4 members (excludes halogenated alkanes) is 1. The van der Waals surface area contributed by atoms with E-state index in [2.05, 4.69) is 36.9 Å². The molecule has 2 fully saturated rings. The van der Waals surface area contributed by atoms with Crippen LogP contribution in [-0.4, -0.2) is 131 Å². The molecule has 2 aliphatic rings. The largest absolute Gasteiger partial charge is 0.490 e. The highest BCUT2D eigenvalue weighted by atomic mass is 19.4. The maximum atomic E-state index is 15.3. The molecule has 2 aliphatic heterocycles. The molecule has 7 amide bonds. The molecule has 0 radical (unpaired) electrons. The Hall–Kier alpha value is -9.29. The number of alkyl carbamates (subject to hydrolysis) is 1. The van der Waals surface area contributed by atoms with Gasteiger partial charge in [-0.3, -0.25) is 28.8 Å². The van der Waals surface area contributed by atoms with Crippen molar-refractivity contribution in [1.82, 2.24) is 41.8 Å². The molecule has 0 bridgehead atoms. The van der Waals surface area contributed by atoms with Gasteiger partial charge in [0.25, 0.3) is 0 Å². The number of para-hydroxylation sites is 1. The summed E-state index contributed by atoms with van der Waals surface area (Å²) >= 11 is 0. The minimum absolute atomic E-state index is 0.0385. The van der Waals surface area contributed by atoms with E-state index in [0.29, 0.717) is 54.0 Å². The summed E-state index contributed by atoms with van der Waals surface area (Å²) in [5.74, 6) is -6.52. The monoisotopic (exact) mass is 1160 g/mol. The van der Waals surface area contributed by atoms with Gasteiger partial charge in [-0.1, -0.05) is 121 Å². The second kappa shape index (κ2) is 30.1. The molecule has 6 aromatic rings. The molecular formula is C60H67F3N10O11. The van der Waals surface area contributed by atoms with Gasteiger partial charge in [0.05, 0.1) is 6.54 Å². The van der Waals surface area contributed by atoms with Crippen molar-refractivity contribution >= 4 is 58.4 Å². The van der Waals surface area contributed by atoms with Gasteiger partial charge in [-0.25, -0.2) is 9.59 Å². The molecule has 2 saturated heterocycles. The summed E-state index contributed by atoms with van der Waals surface area (Å²) in [5.41, 5.74) is 15.7. The predicted molar refractivity (Wildman–Crippen MR) is 302 cm³/mol. The van der Waals surface area contributed by atoms with Gasteiger partial charge in [-0.15, -0.1) is 0 Å². The van der Waals surface area contributed by atoms with E-state index in [0.717, 1.165) is 16.5 Å². The fourth-order valence-corrected chi connectivity index (χ4v) is 9.65. The summed E-state index contributed by atoms with van der Waals surface area (Å²) in [4.78, 5) is 116. The summed E-state index contributed by atoms with van der Waals surface area (Å²) in [6, 6.07) is 33.6. The van der Waals surface area contributed by atoms with E-state index >= 15 is 9.59 Å². The zero-order chi connectivity index (χ0) is 60.2. The molecule has 84 heavy (non-hydrogen) atoms. The number of aromatic nitrogens is 1. The number of hydrogen-bond acceptors (Lipinski definition) is 12. The fourth-order valence-electron chi connectivity index (χ4n) is 9.65. The Morgan fingerprint density at radius 3 is 1.81 bits per heavy atom. The van der Waals surface area contributed by atoms with Gasteiger partial charge in [0.2, 0.25) is 35.4 Å². The molecule has 7 atom stereocenters. The highest BCUT2D eigenvalue weighted by Crippen LogP contribution is 2.26. The Kier molecular flexibility index (Phi) is 22.4. The van der Waals surface area contributed by atoms with Crippen LogP contribution >= 0.6 is 0 Å². The lowest BCUT2D eigenvalue weighted by Gasteiger charge is -2.32. The van der Waals surface area contributed by atoms with Gasteiger partial charge in [-0.2, -0.15) is 13.2 Å². The first-order valence-corrected chi connectivity index (χ1v) is 27.3. The second-order valence-corrected chi connectivity index (χ2v) is 20.0. The maximum Gasteiger partial charge on any atom is 0.490 e. The number of carbonyl (C=O) groups is 8. The number of hydrogen-bond donors (Lipinski definition) is 10. The van der Waals surface area contributed by atoms with Crippen molar-refractivity contribution in [2.75, 3.05) is 26.2 Å². The molecule has 1 unspecified atom stereocenters. The van der Waals surface area contributed by atoms with Crippen molar-refractivity contribution in [2.45, 2.75) is 100 Å². The van der Waals surface area contributed by atoms with Crippen LogP contribution < -0.4 is 48.1 Å². The number of rotatable bonds is 17. The molecule has 8 rings (SSSR count). The molecule has 1 aromatic heterocycles. The molecule has 21 nitrogen and oxygen atoms in total. The van der Waals surface area contributed by atoms with Crippen LogP contribution in [0.1, 0.15) is 59.5 Å². The first kappa shape index (κ1) is 62.3. The number of carboxylic acid groups (broad SMARTS) is 1. The number of nitrogens with zero attached hydrogens (tertiary/aromatic N) is 1. The summed E-state index contributed by atoms with van der Waals surface area (Å²) in [6.45, 7) is 0.617. The average Bonchev–Trinajstić information content (AvgIpc) is 4.33. The van der Waals surface area contributed by atoms with Gasteiger partial charge in [0, 0.05) is 55.9 Å². The molecule has 444 valence electrons. The SMILES string of the molecule is NCCCC[C@@H]1NC(=O)[C@@H](Cc2c[nH]c3ccccc23)NC(=O)[C@H](c2ccccc2)NC(=O)[C@H]2CC(OC(=O)NCCN)CN2C(=O)[C@H](Cc2ccccc2)NC(=O)[C@H](Cc2ccc(OCc3ccccc3)cc2)NC1=O.O=C(O)C(F)(F)F. The summed E-state index contributed by atoms with van der Waals surface area (Å²) < 4.78 is 43.5. The topological polar surface area (TPSA) is 318 Å². The minimum Gasteiger partial charge on any atom is -0.489 e. The molecular weight excluding hydrogens is 1090 g/mol. The third-order valence-electron chi connectivity index (χ3n) is 13.9. The van der Waals surface area contributed by atoms with E-state index < -0.39 is 96.0 Å². The number of fused-ring (bicyclic) bond motifs is 2. The number of benzene rings is 5. The highest BCUT2D eigenvalue weighted by Gasteiger charge is 2.45. The van der Waals surface area contributed by atoms with Crippen molar-refractivity contribution in [3.63, 3.8) is 0 Å². The first-order chi connectivity index (χ1) is 40.4. The molecule has 0 aliphatic carbocycles. The molecule has 0 spiro atoms. The Morgan fingerprint density at radius 1 is 0.619 bits per heavy atom. The lowest BCUT2D eigenvalue weighted by atomic mass is 9.99. The Morgan fingerprint density at radius 2 is 1.17 bits per heavy atom. The van der Waals surface area contributed by atoms with Crippen LogP contribution in [0.4, 0.5) is 18.0 Å². The number of aliphatic carboxylic acids is 1. The quantitative estimate of drug-likeness (QED) is 0.0579. The van der Waals surface area contributed by atoms with Crippen LogP contribution in [0.15, 0.2) is 146 Å². The smallest absolute Gasteiger partial charge is 0.489 e. The third kappa shape index (κ3) is 17.9. The number of amides is 7. The molecule has 12 N–H and O–H groups in total. The van der Waals surface area contributed by atoms with Crippen molar-refractivity contribution in [1.29, 1.82) is 0 Å². The number of carboxylic acids is 1. The predicted octanol–water partition coefficient (Wildman–Crippen LogP) is 4.00. The second-order valence-electron chi connectivity index (χ2n) is 20.0. The standard InChI is InChI=1S/C58H66N10O9.C2HF3O2/c59-27-13-12-22-46-52(69)64-47(30-38-23-25-42(26-24-38)76-36-39-16-6-2-7-17-39)53(70)66-49(31-37-14-4-1-5-15-37)57(74)68-35-43(77-58(75)61-29-28-60)33-50(68)55(72)67-51(40-18-8-3-9-19-40)56(73)65-48(54(71)63-46)32-41-34-62-45-21-11-10-20-44(41)45;3-2(4,5)1(6)7/h1-11,14-21,23-26,34,43,46-51,62H,12-13,22,27-33,35-36,59-60H2,(H,61,75)(H,63,71)(H,64,69)(H,65,73)(H,66,70)(H,67,72);(H,6,7)/t43?,46-,47-,48+,49-,50+,51-;/m0./s1. The highest BCUT2D eigenvalue weighted by molar-refractivity contribution is 5.99. The molecule has 5 aromatic carbocycles. The van der Waals surface area contributed by atoms with Crippen LogP contribution in [0.2, 0.25) is 0 Å². The number of nitrogens with one attached hydrogen (secondary N) is 7. The lowest BCUT2D eigenvalue weighted by Crippen LogP contribution is -2.61. The molecule has 3 heterocycles. The number of ether oxygens (including phenoxy) is 2. The minimum atomic E-state index is -5.08. The number of aromatic amines is 1. The zero-order valence-corrected chi connectivity index (χ0v) is 45.6. The maximum absolute atomic E-state index is 15.3. The molecule has 24 heteroatoms. The van der Waals surface area contributed by atoms with Crippen LogP contribution in [0.25, 0.3) is 10.9 Å². The van der Waals surface area contributed by atoms with Crippen molar-refractivity contribution < 1.29 is 66.1 Å². The summed E-state index contributed by atoms with van der Waals surface area (Å²) in [6.07, 6.45) is -4.43. The first-order valence-electron chi connectivity index (χ1n) is 27.3. The van der Waals surface area contributed by atoms with E-state index in [-0.39, 0.29) is 51.7 Å². The van der Waals surface area contributed by atoms with Crippen LogP contribution in [0.5, 0.6) is 5.75 Å². The lowest BCUT2D eigenvalue weighted by molar-refractivity contribution is -0.192. The third-order valence-corrected chi connectivity index (χ3v) is 13.9. The average molecular weight is 1160 g/mol. The van der Waals surface area contributed by atoms with E-state index in [1.165, 1.54) is 4.90 Å². The van der Waals surface area contributed by atoms with Crippen molar-refractivity contribution in [3.05, 3.63) is 174 Å². The zero-order valence-electron chi connectivity index (χ0n) is 45.6. The van der Waals surface area contributed by atoms with Crippen molar-refractivity contribution in [2.24, 2.45) is 11.5 Å². The number of H-pyrrole nitrogens is 1. The van der Waals surface area contributed by atoms with Crippen LogP contribution in [0.3, 0.4) is 0 Å². The van der Waals surface area contributed by atoms with E-state index in [1.807, 2.05) is 60.7 Å². The van der Waals surface area contributed by atoms with E-state index in [1.54, 1.807) is 85.1 Å². The van der Waals surface area contributed by atoms with Crippen LogP contribution in [-0.2, 0) is 64.2 Å². The van der Waals surface area contributed by atoms with Crippen LogP contribution in [0, 0.1) is 0 Å². The van der Waals surface area contributed by atoms with Gasteiger partial charge in [-0.05, 0) is 71.8 Å². The van der Waals surface area contributed by atoms with Gasteiger partial charge in [0.15, 0.2) is 0 Å². The Labute approximate surface area is 481 Å². The number of alkyl halides is 3. The Balaban J connectivity index is 0.00000136. The van der Waals surface area contributed by atoms with E-state index in [4.69, 9.17) is 30.8 Å². The summed E-state index contributed by atoms with van der Waals surface area (Å²) in [5, 5.41) is 25.0. The van der Waals surface area contributed by atoms with Gasteiger partial charge < -0.3 is 67.8 Å². The fraction of sp³-hybridized carbons (Fsp3) is 0.333. The van der Waals surface area contributed by atoms with Crippen molar-refractivity contribution in [3.8, 4) is 5.75 Å². The number of nitrogens with two attached hydrogens (primary N) is 2. The summed E-state index contributed by atoms with van der Waals surface area (Å²) in [7, 11) is 0. The van der Waals surface area contributed by atoms with Gasteiger partial charge >= 0.3 is 18.2 Å². The van der Waals surface area contributed by atoms with Gasteiger partial charge in [0.1, 0.15) is 54.7 Å².